The van der Waals surface area contributed by atoms with Crippen LogP contribution in [0.25, 0.3) is 12.2 Å². The number of halogens is 2. The summed E-state index contributed by atoms with van der Waals surface area (Å²) in [5, 5.41) is 0. The Morgan fingerprint density at radius 1 is 0.600 bits per heavy atom. The van der Waals surface area contributed by atoms with Gasteiger partial charge in [-0.15, -0.1) is 0 Å². The van der Waals surface area contributed by atoms with Gasteiger partial charge in [0, 0.05) is 0 Å². The van der Waals surface area contributed by atoms with Gasteiger partial charge in [0.2, 0.25) is 0 Å². The van der Waals surface area contributed by atoms with Crippen LogP contribution in [0.1, 0.15) is 57.8 Å². The van der Waals surface area contributed by atoms with Crippen molar-refractivity contribution in [3.63, 3.8) is 0 Å². The molecule has 1 fully saturated rings. The topological polar surface area (TPSA) is 52.6 Å². The van der Waals surface area contributed by atoms with Crippen molar-refractivity contribution >= 4 is 24.1 Å². The number of carbonyl (C=O) groups is 2. The second-order valence-corrected chi connectivity index (χ2v) is 14.9. The Morgan fingerprint density at radius 2 is 1.00 bits per heavy atom. The van der Waals surface area contributed by atoms with Gasteiger partial charge in [-0.25, -0.2) is 0 Å². The number of carbonyl (C=O) groups excluding carboxylic acids is 2. The molecule has 0 amide bonds. The summed E-state index contributed by atoms with van der Waals surface area (Å²) in [6.07, 6.45) is 4.88. The van der Waals surface area contributed by atoms with Crippen LogP contribution in [0.15, 0.2) is 108 Å². The standard InChI is InChI=1S/C19H14.2C7H5FO2.Ti/c1-2-6-17-11-14(10-16(17)5-1)9-15-12-18-7-3-4-8-19(18)13-15;2*8-6-3-1-5(2-4-6)7(9)10;/h1-8,10-13H,9H2;2*1-4H,(H,9,10);/q;;;+2/p-2. The van der Waals surface area contributed by atoms with Crippen molar-refractivity contribution in [2.75, 3.05) is 0 Å². The zero-order valence-electron chi connectivity index (χ0n) is 21.1. The summed E-state index contributed by atoms with van der Waals surface area (Å²) >= 11 is -4.75. The molecule has 0 aromatic heterocycles. The molecule has 0 radical (unpaired) electrons. The van der Waals surface area contributed by atoms with Crippen LogP contribution in [-0.4, -0.2) is 11.9 Å². The molecular formula is C33H22F2O4Ti. The number of fused-ring (bicyclic) bond motifs is 6. The van der Waals surface area contributed by atoms with E-state index in [1.54, 1.807) is 0 Å². The van der Waals surface area contributed by atoms with E-state index in [1.165, 1.54) is 48.5 Å². The first kappa shape index (κ1) is 24.9. The molecule has 0 bridgehead atoms. The Hall–Kier alpha value is -4.13. The van der Waals surface area contributed by atoms with Gasteiger partial charge in [0.1, 0.15) is 0 Å². The quantitative estimate of drug-likeness (QED) is 0.238. The molecule has 2 aliphatic carbocycles. The number of rotatable bonds is 4. The Kier molecular flexibility index (Phi) is 5.91. The van der Waals surface area contributed by atoms with Crippen LogP contribution < -0.4 is 0 Å². The fourth-order valence-electron chi connectivity index (χ4n) is 6.27. The summed E-state index contributed by atoms with van der Waals surface area (Å²) < 4.78 is 39.8. The van der Waals surface area contributed by atoms with Gasteiger partial charge in [-0.3, -0.25) is 0 Å². The number of hydrogen-bond acceptors (Lipinski definition) is 4. The van der Waals surface area contributed by atoms with Gasteiger partial charge in [-0.2, -0.15) is 0 Å². The predicted octanol–water partition coefficient (Wildman–Crippen LogP) is 7.64. The zero-order chi connectivity index (χ0) is 27.4. The minimum absolute atomic E-state index is 0.170. The zero-order valence-corrected chi connectivity index (χ0v) is 22.7. The molecule has 4 aromatic rings. The van der Waals surface area contributed by atoms with Crippen LogP contribution in [0, 0.1) is 11.6 Å². The Balaban J connectivity index is 1.44. The van der Waals surface area contributed by atoms with Crippen LogP contribution in [0.4, 0.5) is 8.78 Å². The fourth-order valence-corrected chi connectivity index (χ4v) is 13.2. The van der Waals surface area contributed by atoms with Crippen molar-refractivity contribution in [1.29, 1.82) is 0 Å². The first-order valence-corrected chi connectivity index (χ1v) is 16.1. The van der Waals surface area contributed by atoms with Gasteiger partial charge in [0.25, 0.3) is 0 Å². The summed E-state index contributed by atoms with van der Waals surface area (Å²) in [6, 6.07) is 26.1. The normalized spacial score (nSPS) is 19.4. The molecule has 2 atom stereocenters. The van der Waals surface area contributed by atoms with Crippen LogP contribution in [0.2, 0.25) is 0 Å². The minimum atomic E-state index is -4.75. The third-order valence-corrected chi connectivity index (χ3v) is 14.1. The second kappa shape index (κ2) is 9.51. The predicted molar refractivity (Wildman–Crippen MR) is 143 cm³/mol. The molecule has 0 spiro atoms. The van der Waals surface area contributed by atoms with Gasteiger partial charge < -0.3 is 0 Å². The Morgan fingerprint density at radius 3 is 1.43 bits per heavy atom. The van der Waals surface area contributed by atoms with E-state index in [0.29, 0.717) is 6.42 Å². The monoisotopic (exact) mass is 568 g/mol. The average molecular weight is 568 g/mol. The summed E-state index contributed by atoms with van der Waals surface area (Å²) in [6.45, 7) is 0. The maximum absolute atomic E-state index is 13.8. The molecule has 1 saturated heterocycles. The van der Waals surface area contributed by atoms with Crippen molar-refractivity contribution in [3.05, 3.63) is 153 Å². The summed E-state index contributed by atoms with van der Waals surface area (Å²) in [7, 11) is 0. The molecule has 0 N–H and O–H groups in total. The van der Waals surface area contributed by atoms with Crippen LogP contribution in [0.5, 0.6) is 0 Å². The average Bonchev–Trinajstić information content (AvgIpc) is 3.52. The van der Waals surface area contributed by atoms with Gasteiger partial charge in [0.15, 0.2) is 0 Å². The molecule has 1 heterocycles. The van der Waals surface area contributed by atoms with E-state index in [4.69, 9.17) is 6.64 Å². The number of benzene rings is 4. The molecule has 1 aliphatic heterocycles. The van der Waals surface area contributed by atoms with E-state index >= 15 is 0 Å². The van der Waals surface area contributed by atoms with E-state index in [-0.39, 0.29) is 11.1 Å². The van der Waals surface area contributed by atoms with Gasteiger partial charge in [-0.1, -0.05) is 0 Å². The van der Waals surface area contributed by atoms with Crippen molar-refractivity contribution in [3.8, 4) is 0 Å². The third kappa shape index (κ3) is 3.98. The second-order valence-electron chi connectivity index (χ2n) is 10.3. The molecule has 3 aliphatic rings. The SMILES string of the molecule is O=C([O][Ti]1([O]C(=O)c2ccc(F)cc2)[CH]2C(=Cc3ccccc32)CC2=Cc3ccccc3[CH]21)c1ccc(F)cc1. The van der Waals surface area contributed by atoms with E-state index in [0.717, 1.165) is 33.4 Å². The van der Waals surface area contributed by atoms with Gasteiger partial charge in [0.05, 0.1) is 0 Å². The Bertz CT molecular complexity index is 1610. The maximum atomic E-state index is 13.8. The molecule has 40 heavy (non-hydrogen) atoms. The number of allylic oxidation sites excluding steroid dienone is 2. The number of hydrogen-bond donors (Lipinski definition) is 0. The molecule has 2 unspecified atom stereocenters. The van der Waals surface area contributed by atoms with Gasteiger partial charge in [-0.05, 0) is 0 Å². The summed E-state index contributed by atoms with van der Waals surface area (Å²) in [5.74, 6) is -2.28. The first-order chi connectivity index (χ1) is 19.4. The summed E-state index contributed by atoms with van der Waals surface area (Å²) in [4.78, 5) is 27.6. The van der Waals surface area contributed by atoms with Crippen molar-refractivity contribution in [2.24, 2.45) is 0 Å². The van der Waals surface area contributed by atoms with E-state index in [2.05, 4.69) is 12.2 Å². The summed E-state index contributed by atoms with van der Waals surface area (Å²) in [5.41, 5.74) is 6.33. The molecule has 4 aromatic carbocycles. The van der Waals surface area contributed by atoms with Crippen molar-refractivity contribution in [2.45, 2.75) is 14.9 Å². The van der Waals surface area contributed by atoms with Gasteiger partial charge >= 0.3 is 235 Å². The third-order valence-electron chi connectivity index (χ3n) is 7.91. The van der Waals surface area contributed by atoms with E-state index in [1.807, 2.05) is 48.5 Å². The van der Waals surface area contributed by atoms with E-state index in [9.17, 15) is 18.4 Å². The van der Waals surface area contributed by atoms with Crippen LogP contribution >= 0.6 is 0 Å². The fraction of sp³-hybridized carbons (Fsp3) is 0.0909. The molecule has 0 saturated carbocycles. The van der Waals surface area contributed by atoms with E-state index < -0.39 is 49.4 Å². The van der Waals surface area contributed by atoms with Crippen molar-refractivity contribution < 1.29 is 42.4 Å². The van der Waals surface area contributed by atoms with Crippen molar-refractivity contribution in [1.82, 2.24) is 0 Å². The molecular weight excluding hydrogens is 546 g/mol. The molecule has 7 heteroatoms. The molecule has 196 valence electrons. The Labute approximate surface area is 233 Å². The first-order valence-electron chi connectivity index (χ1n) is 13.0. The molecule has 7 rings (SSSR count). The van der Waals surface area contributed by atoms with Crippen LogP contribution in [0.3, 0.4) is 0 Å². The van der Waals surface area contributed by atoms with Crippen LogP contribution in [-0.2, 0) is 24.0 Å². The molecule has 4 nitrogen and oxygen atoms in total.